The van der Waals surface area contributed by atoms with Crippen LogP contribution in [0.15, 0.2) is 41.5 Å². The number of ether oxygens (including phenoxy) is 2. The van der Waals surface area contributed by atoms with E-state index in [1.165, 1.54) is 18.2 Å². The average molecular weight is 796 g/mol. The van der Waals surface area contributed by atoms with Gasteiger partial charge in [0, 0.05) is 74.4 Å². The third-order valence-corrected chi connectivity index (χ3v) is 17.1. The number of aromatic hydroxyl groups is 2. The highest BCUT2D eigenvalue weighted by Gasteiger charge is 2.82. The number of ketones is 1. The highest BCUT2D eigenvalue weighted by atomic mass is 16.6. The molecule has 0 amide bonds. The molecule has 16 unspecified atom stereocenters. The van der Waals surface area contributed by atoms with Crippen molar-refractivity contribution >= 4 is 5.78 Å². The Bertz CT molecular complexity index is 1800. The van der Waals surface area contributed by atoms with Gasteiger partial charge in [-0.25, -0.2) is 0 Å². The molecule has 12 heteroatoms. The van der Waals surface area contributed by atoms with Gasteiger partial charge < -0.3 is 55.6 Å². The number of benzene rings is 1. The van der Waals surface area contributed by atoms with Crippen molar-refractivity contribution in [2.45, 2.75) is 133 Å². The minimum absolute atomic E-state index is 0.0459. The van der Waals surface area contributed by atoms with E-state index < -0.39 is 69.8 Å². The van der Waals surface area contributed by atoms with Crippen LogP contribution < -0.4 is 5.32 Å². The maximum Gasteiger partial charge on any atom is 0.160 e. The lowest BCUT2D eigenvalue weighted by Crippen LogP contribution is -2.70. The van der Waals surface area contributed by atoms with Crippen LogP contribution in [0.3, 0.4) is 0 Å². The Morgan fingerprint density at radius 2 is 1.67 bits per heavy atom. The molecule has 4 saturated carbocycles. The van der Waals surface area contributed by atoms with E-state index in [1.807, 2.05) is 27.7 Å². The molecule has 2 bridgehead atoms. The molecule has 12 nitrogen and oxygen atoms in total. The number of phenolic OH excluding ortho intramolecular Hbond substituents is 2. The summed E-state index contributed by atoms with van der Waals surface area (Å²) in [5, 5.41) is 96.3. The first-order valence-corrected chi connectivity index (χ1v) is 21.4. The molecule has 57 heavy (non-hydrogen) atoms. The number of likely N-dealkylation sites (N-methyl/N-ethyl adjacent to an activating group) is 1. The predicted octanol–water partition coefficient (Wildman–Crippen LogP) is 3.23. The molecule has 1 aliphatic heterocycles. The molecule has 316 valence electrons. The smallest absolute Gasteiger partial charge is 0.160 e. The zero-order valence-electron chi connectivity index (χ0n) is 34.2. The molecular weight excluding hydrogens is 730 g/mol. The number of phenols is 2. The number of carbonyl (C=O) groups is 1. The van der Waals surface area contributed by atoms with Gasteiger partial charge in [-0.2, -0.15) is 0 Å². The van der Waals surface area contributed by atoms with Crippen molar-refractivity contribution in [3.8, 4) is 11.5 Å². The highest BCUT2D eigenvalue weighted by Crippen LogP contribution is 2.75. The zero-order chi connectivity index (χ0) is 41.1. The second-order valence-electron chi connectivity index (χ2n) is 19.7. The quantitative estimate of drug-likeness (QED) is 0.124. The third kappa shape index (κ3) is 5.54. The van der Waals surface area contributed by atoms with Crippen LogP contribution in [-0.2, 0) is 14.3 Å². The maximum atomic E-state index is 14.8. The average Bonchev–Trinajstić information content (AvgIpc) is 3.49. The van der Waals surface area contributed by atoms with Gasteiger partial charge in [-0.1, -0.05) is 46.3 Å². The highest BCUT2D eigenvalue weighted by molar-refractivity contribution is 5.96. The first-order valence-electron chi connectivity index (χ1n) is 21.4. The molecule has 1 spiro atoms. The second-order valence-corrected chi connectivity index (χ2v) is 19.7. The Labute approximate surface area is 336 Å². The van der Waals surface area contributed by atoms with E-state index in [1.54, 1.807) is 6.08 Å². The monoisotopic (exact) mass is 795 g/mol. The predicted molar refractivity (Wildman–Crippen MR) is 210 cm³/mol. The van der Waals surface area contributed by atoms with Crippen LogP contribution in [0.5, 0.6) is 11.5 Å². The van der Waals surface area contributed by atoms with Crippen LogP contribution in [0.25, 0.3) is 0 Å². The van der Waals surface area contributed by atoms with Crippen LogP contribution >= 0.6 is 0 Å². The number of allylic oxidation sites excluding steroid dienone is 2. The van der Waals surface area contributed by atoms with E-state index in [0.29, 0.717) is 49.8 Å². The number of hydrogen-bond donors (Lipinski definition) is 9. The van der Waals surface area contributed by atoms with Gasteiger partial charge in [0.25, 0.3) is 0 Å². The molecule has 1 heterocycles. The number of carbonyl (C=O) groups excluding carboxylic acids is 1. The molecule has 7 aliphatic carbocycles. The molecule has 0 aromatic heterocycles. The van der Waals surface area contributed by atoms with E-state index in [0.717, 1.165) is 18.5 Å². The summed E-state index contributed by atoms with van der Waals surface area (Å²) < 4.78 is 13.5. The van der Waals surface area contributed by atoms with E-state index >= 15 is 0 Å². The number of fused-ring (bicyclic) bond motifs is 9. The topological polar surface area (TPSA) is 209 Å². The number of hydrogen-bond acceptors (Lipinski definition) is 12. The van der Waals surface area contributed by atoms with E-state index in [4.69, 9.17) is 9.47 Å². The van der Waals surface area contributed by atoms with Gasteiger partial charge in [-0.05, 0) is 97.1 Å². The second kappa shape index (κ2) is 14.1. The molecule has 9 rings (SSSR count). The lowest BCUT2D eigenvalue weighted by Gasteiger charge is -2.63. The zero-order valence-corrected chi connectivity index (χ0v) is 34.2. The molecule has 1 saturated heterocycles. The summed E-state index contributed by atoms with van der Waals surface area (Å²) in [5.41, 5.74) is -4.86. The number of nitrogens with one attached hydrogen (secondary N) is 1. The van der Waals surface area contributed by atoms with E-state index in [-0.39, 0.29) is 73.1 Å². The lowest BCUT2D eigenvalue weighted by atomic mass is 9.43. The summed E-state index contributed by atoms with van der Waals surface area (Å²) in [6.45, 7) is 11.4. The Morgan fingerprint density at radius 3 is 2.33 bits per heavy atom. The summed E-state index contributed by atoms with van der Waals surface area (Å²) in [6.07, 6.45) is 3.42. The molecule has 0 radical (unpaired) electrons. The fourth-order valence-corrected chi connectivity index (χ4v) is 14.4. The summed E-state index contributed by atoms with van der Waals surface area (Å²) in [7, 11) is 0. The summed E-state index contributed by atoms with van der Waals surface area (Å²) in [5.74, 6) is -3.91. The Kier molecular flexibility index (Phi) is 10.2. The molecule has 5 fully saturated rings. The standard InChI is InChI=1S/C45H65NO11/c1-6-46-23-26-20-40(3)10-8-29(26)45(39(53)24(40)2)43(54,12-14-48)38-34(57-45)22-44(55)31-19-32(51)36-35(25-16-27(49)18-28(50)17-25)37(52)33(56-15-7-13-47)21-41(36,4)30(31)9-11-42(38,44)5/h16-20,24,29-30,33-39,46-50,52-55H,6-15,21-23H2,1-5H3. The van der Waals surface area contributed by atoms with Crippen molar-refractivity contribution in [1.29, 1.82) is 0 Å². The third-order valence-electron chi connectivity index (χ3n) is 17.1. The molecule has 9 N–H and O–H groups in total. The van der Waals surface area contributed by atoms with Crippen molar-refractivity contribution < 1.29 is 55.1 Å². The van der Waals surface area contributed by atoms with Crippen molar-refractivity contribution in [2.24, 2.45) is 45.8 Å². The van der Waals surface area contributed by atoms with Gasteiger partial charge in [0.2, 0.25) is 0 Å². The fourth-order valence-electron chi connectivity index (χ4n) is 14.4. The fraction of sp³-hybridized carbons (Fsp3) is 0.756. The lowest BCUT2D eigenvalue weighted by molar-refractivity contribution is -0.246. The Morgan fingerprint density at radius 1 is 0.965 bits per heavy atom. The van der Waals surface area contributed by atoms with E-state index in [9.17, 15) is 45.6 Å². The number of aliphatic hydroxyl groups excluding tert-OH is 4. The maximum absolute atomic E-state index is 14.8. The van der Waals surface area contributed by atoms with Crippen LogP contribution in [0, 0.1) is 45.8 Å². The first kappa shape index (κ1) is 41.3. The summed E-state index contributed by atoms with van der Waals surface area (Å²) in [6, 6.07) is 4.12. The Balaban J connectivity index is 1.22. The van der Waals surface area contributed by atoms with Gasteiger partial charge >= 0.3 is 0 Å². The van der Waals surface area contributed by atoms with Crippen molar-refractivity contribution in [3.05, 3.63) is 47.1 Å². The van der Waals surface area contributed by atoms with Gasteiger partial charge in [0.05, 0.1) is 30.0 Å². The largest absolute Gasteiger partial charge is 0.508 e. The molecule has 16 atom stereocenters. The molecule has 1 aromatic carbocycles. The Hall–Kier alpha value is -2.39. The summed E-state index contributed by atoms with van der Waals surface area (Å²) >= 11 is 0. The summed E-state index contributed by atoms with van der Waals surface area (Å²) in [4.78, 5) is 14.8. The van der Waals surface area contributed by atoms with Gasteiger partial charge in [-0.15, -0.1) is 0 Å². The van der Waals surface area contributed by atoms with Crippen LogP contribution in [-0.4, -0.2) is 121 Å². The van der Waals surface area contributed by atoms with Crippen molar-refractivity contribution in [1.82, 2.24) is 5.32 Å². The van der Waals surface area contributed by atoms with Crippen molar-refractivity contribution in [2.75, 3.05) is 32.9 Å². The molecular formula is C45H65NO11. The SMILES string of the molecule is CCNCC1=CC2(C)CCC1C1(OC3CC4(O)C5=CC(=O)C6C(c7cc(O)cc(O)c7)C(O)C(OCCCO)CC6(C)C5CCC4(C)C3C1(O)CCO)C(O)C2C. The molecule has 1 aromatic rings. The van der Waals surface area contributed by atoms with Gasteiger partial charge in [0.15, 0.2) is 5.78 Å². The first-order chi connectivity index (χ1) is 26.9. The minimum atomic E-state index is -1.73. The molecule has 8 aliphatic rings. The number of aliphatic hydroxyl groups is 6. The van der Waals surface area contributed by atoms with Crippen LogP contribution in [0.2, 0.25) is 0 Å². The van der Waals surface area contributed by atoms with Gasteiger partial charge in [-0.3, -0.25) is 4.79 Å². The number of rotatable bonds is 10. The van der Waals surface area contributed by atoms with Crippen molar-refractivity contribution in [3.63, 3.8) is 0 Å². The van der Waals surface area contributed by atoms with E-state index in [2.05, 4.69) is 18.3 Å². The minimum Gasteiger partial charge on any atom is -0.508 e. The van der Waals surface area contributed by atoms with Crippen LogP contribution in [0.1, 0.15) is 97.5 Å². The normalized spacial score (nSPS) is 48.5. The van der Waals surface area contributed by atoms with Crippen LogP contribution in [0.4, 0.5) is 0 Å². The van der Waals surface area contributed by atoms with Gasteiger partial charge in [0.1, 0.15) is 22.7 Å².